The van der Waals surface area contributed by atoms with Crippen LogP contribution in [0, 0.1) is 11.8 Å². The zero-order valence-electron chi connectivity index (χ0n) is 20.8. The molecule has 0 saturated heterocycles. The summed E-state index contributed by atoms with van der Waals surface area (Å²) in [6, 6.07) is 7.58. The number of carbonyl (C=O) groups excluding carboxylic acids is 2. The Bertz CT molecular complexity index is 1060. The van der Waals surface area contributed by atoms with Gasteiger partial charge >= 0.3 is 11.9 Å². The molecule has 0 spiro atoms. The molecule has 0 N–H and O–H groups in total. The largest absolute Gasteiger partial charge is 0.547 e. The molecule has 0 saturated carbocycles. The van der Waals surface area contributed by atoms with Gasteiger partial charge in [-0.05, 0) is 57.5 Å². The van der Waals surface area contributed by atoms with Gasteiger partial charge in [-0.1, -0.05) is 30.4 Å². The van der Waals surface area contributed by atoms with Gasteiger partial charge in [0.15, 0.2) is 0 Å². The van der Waals surface area contributed by atoms with E-state index < -0.39 is 31.6 Å². The fourth-order valence-electron chi connectivity index (χ4n) is 5.33. The number of allylic oxidation sites excluding steroid dienone is 3. The van der Waals surface area contributed by atoms with Crippen LogP contribution in [-0.4, -0.2) is 41.6 Å². The maximum absolute atomic E-state index is 13.4. The van der Waals surface area contributed by atoms with Crippen LogP contribution in [-0.2, 0) is 28.9 Å². The third-order valence-corrected chi connectivity index (χ3v) is 7.47. The fourth-order valence-corrected chi connectivity index (χ4v) is 6.27. The van der Waals surface area contributed by atoms with E-state index in [1.165, 1.54) is 14.2 Å². The van der Waals surface area contributed by atoms with Crippen molar-refractivity contribution < 1.29 is 28.2 Å². The third-order valence-electron chi connectivity index (χ3n) is 6.64. The summed E-state index contributed by atoms with van der Waals surface area (Å²) in [5.41, 5.74) is 2.18. The van der Waals surface area contributed by atoms with E-state index in [4.69, 9.17) is 18.6 Å². The molecule has 1 aromatic rings. The van der Waals surface area contributed by atoms with Crippen molar-refractivity contribution in [3.63, 3.8) is 0 Å². The quantitative estimate of drug-likeness (QED) is 0.320. The van der Waals surface area contributed by atoms with Crippen LogP contribution < -0.4 is 4.74 Å². The normalized spacial score (nSPS) is 24.5. The number of carbonyl (C=O) groups is 2. The molecule has 0 fully saturated rings. The first-order valence-electron chi connectivity index (χ1n) is 11.0. The summed E-state index contributed by atoms with van der Waals surface area (Å²) in [7, 11) is 2.17. The fraction of sp³-hybridized carbons (Fsp3) is 0.462. The monoisotopic (exact) mass is 470 g/mol. The second-order valence-corrected chi connectivity index (χ2v) is 14.1. The van der Waals surface area contributed by atoms with Crippen LogP contribution in [0.15, 0.2) is 58.9 Å². The molecule has 0 heterocycles. The highest BCUT2D eigenvalue weighted by molar-refractivity contribution is 6.70. The Morgan fingerprint density at radius 3 is 2.18 bits per heavy atom. The molecule has 0 aliphatic heterocycles. The first-order valence-corrected chi connectivity index (χ1v) is 14.5. The lowest BCUT2D eigenvalue weighted by molar-refractivity contribution is -0.141. The van der Waals surface area contributed by atoms with E-state index in [0.717, 1.165) is 22.5 Å². The van der Waals surface area contributed by atoms with Gasteiger partial charge in [0, 0.05) is 5.56 Å². The first kappa shape index (κ1) is 24.8. The van der Waals surface area contributed by atoms with Gasteiger partial charge in [-0.25, -0.2) is 9.59 Å². The van der Waals surface area contributed by atoms with Gasteiger partial charge in [0.2, 0.25) is 8.32 Å². The summed E-state index contributed by atoms with van der Waals surface area (Å²) in [6.45, 7) is 14.5. The number of benzene rings is 1. The van der Waals surface area contributed by atoms with Gasteiger partial charge < -0.3 is 18.6 Å². The Labute approximate surface area is 197 Å². The predicted octanol–water partition coefficient (Wildman–Crippen LogP) is 4.93. The van der Waals surface area contributed by atoms with Crippen molar-refractivity contribution in [3.8, 4) is 5.75 Å². The van der Waals surface area contributed by atoms with E-state index in [2.05, 4.69) is 26.2 Å². The Hall–Kier alpha value is -2.80. The lowest BCUT2D eigenvalue weighted by atomic mass is 9.50. The highest BCUT2D eigenvalue weighted by Crippen LogP contribution is 2.62. The van der Waals surface area contributed by atoms with Gasteiger partial charge in [0.1, 0.15) is 5.75 Å². The minimum atomic E-state index is -2.09. The zero-order chi connectivity index (χ0) is 24.7. The van der Waals surface area contributed by atoms with Crippen LogP contribution in [0.4, 0.5) is 0 Å². The summed E-state index contributed by atoms with van der Waals surface area (Å²) in [5.74, 6) is -0.365. The Morgan fingerprint density at radius 1 is 1.06 bits per heavy atom. The number of esters is 2. The van der Waals surface area contributed by atoms with E-state index in [-0.39, 0.29) is 11.5 Å². The van der Waals surface area contributed by atoms with Crippen LogP contribution in [0.3, 0.4) is 0 Å². The molecule has 3 atom stereocenters. The number of ether oxygens (including phenoxy) is 3. The lowest BCUT2D eigenvalue weighted by Gasteiger charge is -2.54. The molecule has 0 amide bonds. The van der Waals surface area contributed by atoms with Crippen molar-refractivity contribution in [1.29, 1.82) is 0 Å². The van der Waals surface area contributed by atoms with Crippen LogP contribution in [0.5, 0.6) is 5.75 Å². The van der Waals surface area contributed by atoms with Crippen molar-refractivity contribution in [2.75, 3.05) is 21.3 Å². The highest BCUT2D eigenvalue weighted by Gasteiger charge is 2.60. The molecule has 178 valence electrons. The average molecular weight is 471 g/mol. The SMILES string of the molecule is C=C(C)[C@H]1C[C@@]2(c3ccccc3OC)C(C)=C(O[Si](C)(C)C)[C@@H]1C(C(=O)OC)=C2C(=O)OC. The minimum Gasteiger partial charge on any atom is -0.547 e. The molecule has 0 unspecified atom stereocenters. The molecular weight excluding hydrogens is 436 g/mol. The number of fused-ring (bicyclic) bond motifs is 1. The van der Waals surface area contributed by atoms with Crippen LogP contribution in [0.1, 0.15) is 25.8 Å². The summed E-state index contributed by atoms with van der Waals surface area (Å²) in [6.07, 6.45) is 0.544. The van der Waals surface area contributed by atoms with Gasteiger partial charge in [-0.2, -0.15) is 0 Å². The van der Waals surface area contributed by atoms with Crippen LogP contribution >= 0.6 is 0 Å². The standard InChI is InChI=1S/C26H34O6Si/c1-15(2)17-14-26(18-12-10-11-13-19(18)29-4)16(3)23(32-33(7,8)9)20(17)21(24(27)30-5)22(26)25(28)31-6/h10-13,17,20H,1,14H2,2-9H3/t17-,20+,26+/m1/s1. The molecule has 3 aliphatic rings. The summed E-state index contributed by atoms with van der Waals surface area (Å²) < 4.78 is 22.9. The van der Waals surface area contributed by atoms with Crippen molar-refractivity contribution in [2.24, 2.45) is 11.8 Å². The number of rotatable bonds is 7. The number of methoxy groups -OCH3 is 3. The van der Waals surface area contributed by atoms with Gasteiger partial charge in [0.25, 0.3) is 0 Å². The Kier molecular flexibility index (Phi) is 6.66. The molecule has 0 radical (unpaired) electrons. The van der Waals surface area contributed by atoms with Gasteiger partial charge in [-0.15, -0.1) is 0 Å². The average Bonchev–Trinajstić information content (AvgIpc) is 2.78. The number of hydrogen-bond acceptors (Lipinski definition) is 6. The number of para-hydroxylation sites is 1. The van der Waals surface area contributed by atoms with Crippen molar-refractivity contribution in [2.45, 2.75) is 45.3 Å². The molecule has 1 aromatic carbocycles. The maximum Gasteiger partial charge on any atom is 0.335 e. The number of hydrogen-bond donors (Lipinski definition) is 0. The predicted molar refractivity (Wildman–Crippen MR) is 129 cm³/mol. The molecule has 4 rings (SSSR count). The molecule has 33 heavy (non-hydrogen) atoms. The summed E-state index contributed by atoms with van der Waals surface area (Å²) in [5, 5.41) is 0. The topological polar surface area (TPSA) is 71.1 Å². The van der Waals surface area contributed by atoms with E-state index in [0.29, 0.717) is 17.7 Å². The van der Waals surface area contributed by atoms with Crippen molar-refractivity contribution in [3.05, 3.63) is 64.5 Å². The second kappa shape index (κ2) is 8.86. The van der Waals surface area contributed by atoms with Gasteiger partial charge in [0.05, 0.1) is 49.6 Å². The second-order valence-electron chi connectivity index (χ2n) is 9.72. The lowest BCUT2D eigenvalue weighted by Crippen LogP contribution is -2.52. The summed E-state index contributed by atoms with van der Waals surface area (Å²) >= 11 is 0. The van der Waals surface area contributed by atoms with E-state index in [1.807, 2.05) is 38.1 Å². The molecule has 0 aromatic heterocycles. The van der Waals surface area contributed by atoms with Crippen molar-refractivity contribution in [1.82, 2.24) is 0 Å². The first-order chi connectivity index (χ1) is 15.4. The molecular formula is C26H34O6Si. The van der Waals surface area contributed by atoms with Gasteiger partial charge in [-0.3, -0.25) is 0 Å². The van der Waals surface area contributed by atoms with Crippen molar-refractivity contribution >= 4 is 20.3 Å². The Balaban J connectivity index is 2.54. The smallest absolute Gasteiger partial charge is 0.335 e. The molecule has 7 heteroatoms. The zero-order valence-corrected chi connectivity index (χ0v) is 21.8. The minimum absolute atomic E-state index is 0.132. The van der Waals surface area contributed by atoms with E-state index in [9.17, 15) is 9.59 Å². The van der Waals surface area contributed by atoms with Crippen LogP contribution in [0.25, 0.3) is 0 Å². The Morgan fingerprint density at radius 2 is 1.67 bits per heavy atom. The summed E-state index contributed by atoms with van der Waals surface area (Å²) in [4.78, 5) is 26.7. The van der Waals surface area contributed by atoms with E-state index in [1.54, 1.807) is 7.11 Å². The highest BCUT2D eigenvalue weighted by atomic mass is 28.4. The van der Waals surface area contributed by atoms with E-state index >= 15 is 0 Å². The molecule has 6 nitrogen and oxygen atoms in total. The maximum atomic E-state index is 13.4. The van der Waals surface area contributed by atoms with Crippen LogP contribution in [0.2, 0.25) is 19.6 Å². The molecule has 2 bridgehead atoms. The molecule has 3 aliphatic carbocycles. The third kappa shape index (κ3) is 3.92.